The highest BCUT2D eigenvalue weighted by Crippen LogP contribution is 2.56. The number of para-hydroxylation sites is 2. The van der Waals surface area contributed by atoms with Crippen LogP contribution in [0.2, 0.25) is 0 Å². The highest BCUT2D eigenvalue weighted by Gasteiger charge is 2.45. The lowest BCUT2D eigenvalue weighted by Gasteiger charge is -2.38. The first-order chi connectivity index (χ1) is 46.5. The maximum atomic E-state index is 7.19. The molecule has 0 saturated heterocycles. The van der Waals surface area contributed by atoms with Gasteiger partial charge in [0.15, 0.2) is 0 Å². The van der Waals surface area contributed by atoms with Gasteiger partial charge in [0, 0.05) is 0 Å². The van der Waals surface area contributed by atoms with Gasteiger partial charge in [0.1, 0.15) is 23.0 Å². The van der Waals surface area contributed by atoms with E-state index in [0.29, 0.717) is 0 Å². The Labute approximate surface area is 547 Å². The molecular weight excluding hydrogens is 1130 g/mol. The summed E-state index contributed by atoms with van der Waals surface area (Å²) < 4.78 is 14.4. The Kier molecular flexibility index (Phi) is 11.5. The van der Waals surface area contributed by atoms with Crippen molar-refractivity contribution in [2.24, 2.45) is 0 Å². The van der Waals surface area contributed by atoms with Crippen LogP contribution in [0.5, 0.6) is 23.0 Å². The number of fused-ring (bicyclic) bond motifs is 8. The highest BCUT2D eigenvalue weighted by atomic mass is 16.5. The van der Waals surface area contributed by atoms with Gasteiger partial charge < -0.3 is 9.47 Å². The molecule has 0 radical (unpaired) electrons. The fourth-order valence-corrected chi connectivity index (χ4v) is 17.0. The number of hydrogen-bond donors (Lipinski definition) is 0. The van der Waals surface area contributed by atoms with Gasteiger partial charge >= 0.3 is 0 Å². The predicted molar refractivity (Wildman–Crippen MR) is 396 cm³/mol. The summed E-state index contributed by atoms with van der Waals surface area (Å²) in [5, 5.41) is 7.60. The summed E-state index contributed by atoms with van der Waals surface area (Å²) in [5.74, 6) is 3.64. The van der Waals surface area contributed by atoms with Crippen molar-refractivity contribution in [3.05, 3.63) is 314 Å². The number of benzene rings is 16. The van der Waals surface area contributed by atoms with Gasteiger partial charge in [-0.25, -0.2) is 0 Å². The SMILES string of the molecule is Cc1cc2c3c(c1)-c1cc(-c4c(-c5ccccc5)cc(-c5ccccc5)cc4-c4ccccc4)c4cc5c6c(cc(-c7c(-c8ccccc8)cc(-c8ccccc8)cc7-c7ccccc7)c7cc(c1c4c76)B3c1ccccc1O2)-c1cc(C)cc2c1B5c1ccccc1O2. The summed E-state index contributed by atoms with van der Waals surface area (Å²) in [7, 11) is 0. The zero-order chi connectivity index (χ0) is 61.9. The Balaban J connectivity index is 1.05. The van der Waals surface area contributed by atoms with Crippen LogP contribution >= 0.6 is 0 Å². The van der Waals surface area contributed by atoms with E-state index in [1.165, 1.54) is 154 Å². The first kappa shape index (κ1) is 53.0. The fraction of sp³-hybridized carbons (Fsp3) is 0.0222. The molecule has 4 heteroatoms. The third-order valence-electron chi connectivity index (χ3n) is 20.8. The average molecular weight is 1190 g/mol. The quantitative estimate of drug-likeness (QED) is 0.112. The van der Waals surface area contributed by atoms with Crippen molar-refractivity contribution in [2.75, 3.05) is 0 Å². The Morgan fingerprint density at radius 1 is 0.213 bits per heavy atom. The van der Waals surface area contributed by atoms with Crippen molar-refractivity contribution in [3.8, 4) is 134 Å². The lowest BCUT2D eigenvalue weighted by molar-refractivity contribution is 0.487. The second-order valence-corrected chi connectivity index (χ2v) is 26.2. The minimum Gasteiger partial charge on any atom is -0.458 e. The maximum absolute atomic E-state index is 7.19. The first-order valence-corrected chi connectivity index (χ1v) is 32.8. The van der Waals surface area contributed by atoms with E-state index < -0.39 is 0 Å². The summed E-state index contributed by atoms with van der Waals surface area (Å²) in [6, 6.07) is 114. The van der Waals surface area contributed by atoms with Crippen molar-refractivity contribution >= 4 is 78.5 Å². The third-order valence-corrected chi connectivity index (χ3v) is 20.8. The number of aryl methyl sites for hydroxylation is 2. The van der Waals surface area contributed by atoms with Gasteiger partial charge in [0.25, 0.3) is 13.4 Å². The Bertz CT molecular complexity index is 5360. The zero-order valence-electron chi connectivity index (χ0n) is 51.8. The van der Waals surface area contributed by atoms with Crippen LogP contribution in [-0.4, -0.2) is 13.4 Å². The molecule has 434 valence electrons. The molecule has 0 amide bonds. The standard InChI is InChI=1S/C90H56B2O2/c1-53-41-73-69-49-67(83-63(57-29-13-5-14-30-57)45-61(55-25-9-3-10-26-55)46-64(83)58-31-15-6-16-32-58)71-52-78-86-70(74-42-54(2)44-82-90(74)92(78)76-38-22-24-40-80(76)94-82)50-68(72-51-77(85(69)87(71)88(72)86)91-75-37-21-23-39-79(75)93-81(43-53)89(73)91)84-65(59-33-17-7-18-34-59)47-62(56-27-11-4-12-28-56)48-66(84)60-35-19-8-20-36-60/h3-52H,1-2H3. The molecule has 20 rings (SSSR count). The van der Waals surface area contributed by atoms with Crippen LogP contribution < -0.4 is 42.3 Å². The molecule has 0 unspecified atom stereocenters. The van der Waals surface area contributed by atoms with E-state index in [0.717, 1.165) is 56.4 Å². The third kappa shape index (κ3) is 7.81. The molecule has 0 aliphatic carbocycles. The average Bonchev–Trinajstić information content (AvgIpc) is 0.666. The molecule has 16 aromatic carbocycles. The number of rotatable bonds is 8. The summed E-state index contributed by atoms with van der Waals surface area (Å²) in [6.45, 7) is 4.20. The van der Waals surface area contributed by atoms with Gasteiger partial charge in [-0.05, 0) is 251 Å². The number of hydrogen-bond acceptors (Lipinski definition) is 2. The highest BCUT2D eigenvalue weighted by molar-refractivity contribution is 7.01. The van der Waals surface area contributed by atoms with Gasteiger partial charge in [0.2, 0.25) is 0 Å². The van der Waals surface area contributed by atoms with Crippen LogP contribution in [0, 0.1) is 13.8 Å². The molecule has 0 spiro atoms. The van der Waals surface area contributed by atoms with Gasteiger partial charge in [-0.1, -0.05) is 254 Å². The lowest BCUT2D eigenvalue weighted by atomic mass is 9.31. The molecule has 4 aliphatic rings. The minimum atomic E-state index is -0.138. The normalized spacial score (nSPS) is 12.7. The Hall–Kier alpha value is -11.7. The van der Waals surface area contributed by atoms with E-state index in [1.807, 2.05) is 0 Å². The van der Waals surface area contributed by atoms with Crippen molar-refractivity contribution < 1.29 is 9.47 Å². The van der Waals surface area contributed by atoms with E-state index in [2.05, 4.69) is 317 Å². The molecule has 94 heavy (non-hydrogen) atoms. The Morgan fingerprint density at radius 2 is 0.521 bits per heavy atom. The molecule has 2 nitrogen and oxygen atoms in total. The van der Waals surface area contributed by atoms with Crippen molar-refractivity contribution in [1.82, 2.24) is 0 Å². The zero-order valence-corrected chi connectivity index (χ0v) is 51.8. The van der Waals surface area contributed by atoms with Crippen LogP contribution in [-0.2, 0) is 0 Å². The summed E-state index contributed by atoms with van der Waals surface area (Å²) >= 11 is 0. The van der Waals surface area contributed by atoms with Crippen molar-refractivity contribution in [3.63, 3.8) is 0 Å². The van der Waals surface area contributed by atoms with E-state index in [9.17, 15) is 0 Å². The van der Waals surface area contributed by atoms with E-state index in [-0.39, 0.29) is 13.4 Å². The monoisotopic (exact) mass is 1190 g/mol. The van der Waals surface area contributed by atoms with Crippen LogP contribution in [0.15, 0.2) is 303 Å². The second-order valence-electron chi connectivity index (χ2n) is 26.2. The fourth-order valence-electron chi connectivity index (χ4n) is 17.0. The van der Waals surface area contributed by atoms with Gasteiger partial charge in [0.05, 0.1) is 0 Å². The summed E-state index contributed by atoms with van der Waals surface area (Å²) in [5.41, 5.74) is 33.3. The molecule has 4 aliphatic heterocycles. The van der Waals surface area contributed by atoms with E-state index >= 15 is 0 Å². The van der Waals surface area contributed by atoms with Gasteiger partial charge in [-0.15, -0.1) is 0 Å². The lowest BCUT2D eigenvalue weighted by Crippen LogP contribution is -2.58. The van der Waals surface area contributed by atoms with Crippen molar-refractivity contribution in [1.29, 1.82) is 0 Å². The van der Waals surface area contributed by atoms with Crippen LogP contribution in [0.1, 0.15) is 11.1 Å². The summed E-state index contributed by atoms with van der Waals surface area (Å²) in [6.07, 6.45) is 0. The molecule has 0 saturated carbocycles. The molecule has 4 heterocycles. The Morgan fingerprint density at radius 3 is 0.862 bits per heavy atom. The predicted octanol–water partition coefficient (Wildman–Crippen LogP) is 19.7. The smallest absolute Gasteiger partial charge is 0.252 e. The molecule has 16 aromatic rings. The van der Waals surface area contributed by atoms with Crippen molar-refractivity contribution in [2.45, 2.75) is 13.8 Å². The number of ether oxygens (including phenoxy) is 2. The maximum Gasteiger partial charge on any atom is 0.252 e. The van der Waals surface area contributed by atoms with Gasteiger partial charge in [-0.2, -0.15) is 0 Å². The summed E-state index contributed by atoms with van der Waals surface area (Å²) in [4.78, 5) is 0. The van der Waals surface area contributed by atoms with Crippen LogP contribution in [0.3, 0.4) is 0 Å². The van der Waals surface area contributed by atoms with Gasteiger partial charge in [-0.3, -0.25) is 0 Å². The second kappa shape index (κ2) is 20.4. The molecule has 0 fully saturated rings. The largest absolute Gasteiger partial charge is 0.458 e. The molecular formula is C90H56B2O2. The van der Waals surface area contributed by atoms with E-state index in [4.69, 9.17) is 9.47 Å². The molecule has 0 aromatic heterocycles. The van der Waals surface area contributed by atoms with E-state index in [1.54, 1.807) is 0 Å². The molecule has 0 atom stereocenters. The molecule has 0 bridgehead atoms. The topological polar surface area (TPSA) is 18.5 Å². The molecule has 0 N–H and O–H groups in total. The van der Waals surface area contributed by atoms with Crippen LogP contribution in [0.4, 0.5) is 0 Å². The first-order valence-electron chi connectivity index (χ1n) is 32.8. The van der Waals surface area contributed by atoms with Crippen LogP contribution in [0.25, 0.3) is 144 Å². The minimum absolute atomic E-state index is 0.138.